The van der Waals surface area contributed by atoms with Crippen LogP contribution in [0.15, 0.2) is 48.8 Å². The Morgan fingerprint density at radius 3 is 2.86 bits per heavy atom. The first-order valence-electron chi connectivity index (χ1n) is 7.15. The average Bonchev–Trinajstić information content (AvgIpc) is 2.55. The van der Waals surface area contributed by atoms with Crippen molar-refractivity contribution in [3.8, 4) is 5.75 Å². The summed E-state index contributed by atoms with van der Waals surface area (Å²) in [7, 11) is 0. The molecule has 1 aromatic heterocycles. The van der Waals surface area contributed by atoms with Crippen molar-refractivity contribution in [1.82, 2.24) is 10.3 Å². The first-order valence-corrected chi connectivity index (χ1v) is 7.15. The molecule has 21 heavy (non-hydrogen) atoms. The highest BCUT2D eigenvalue weighted by Gasteiger charge is 2.26. The van der Waals surface area contributed by atoms with E-state index in [1.807, 2.05) is 43.3 Å². The Labute approximate surface area is 124 Å². The van der Waals surface area contributed by atoms with Crippen LogP contribution >= 0.6 is 0 Å². The summed E-state index contributed by atoms with van der Waals surface area (Å²) in [6, 6.07) is 11.7. The van der Waals surface area contributed by atoms with Gasteiger partial charge in [0, 0.05) is 12.4 Å². The van der Waals surface area contributed by atoms with Gasteiger partial charge in [-0.15, -0.1) is 0 Å². The molecule has 1 aliphatic heterocycles. The van der Waals surface area contributed by atoms with E-state index in [2.05, 4.69) is 10.3 Å². The first kappa shape index (κ1) is 13.6. The fourth-order valence-electron chi connectivity index (χ4n) is 2.56. The first-order chi connectivity index (χ1) is 10.2. The quantitative estimate of drug-likeness (QED) is 0.941. The fraction of sp³-hybridized carbons (Fsp3) is 0.294. The molecule has 2 aromatic rings. The van der Waals surface area contributed by atoms with E-state index in [4.69, 9.17) is 4.74 Å². The van der Waals surface area contributed by atoms with Crippen LogP contribution in [0.3, 0.4) is 0 Å². The number of pyridine rings is 1. The van der Waals surface area contributed by atoms with Crippen molar-refractivity contribution in [2.45, 2.75) is 19.4 Å². The van der Waals surface area contributed by atoms with E-state index in [0.29, 0.717) is 6.61 Å². The lowest BCUT2D eigenvalue weighted by Gasteiger charge is -2.26. The number of aromatic nitrogens is 1. The van der Waals surface area contributed by atoms with E-state index in [9.17, 15) is 4.79 Å². The topological polar surface area (TPSA) is 51.2 Å². The van der Waals surface area contributed by atoms with Crippen LogP contribution in [0.25, 0.3) is 0 Å². The number of hydrogen-bond donors (Lipinski definition) is 1. The molecule has 0 bridgehead atoms. The SMILES string of the molecule is CC(NC(=O)C1COc2ccccc2C1)c1ccncc1. The Hall–Kier alpha value is -2.36. The number of fused-ring (bicyclic) bond motifs is 1. The number of amides is 1. The molecule has 4 nitrogen and oxygen atoms in total. The van der Waals surface area contributed by atoms with Crippen LogP contribution in [0.5, 0.6) is 5.75 Å². The van der Waals surface area contributed by atoms with Crippen molar-refractivity contribution in [1.29, 1.82) is 0 Å². The third-order valence-electron chi connectivity index (χ3n) is 3.81. The number of carbonyl (C=O) groups is 1. The molecular weight excluding hydrogens is 264 g/mol. The second-order valence-electron chi connectivity index (χ2n) is 5.33. The summed E-state index contributed by atoms with van der Waals surface area (Å²) in [6.45, 7) is 2.41. The molecule has 0 saturated carbocycles. The largest absolute Gasteiger partial charge is 0.492 e. The summed E-state index contributed by atoms with van der Waals surface area (Å²) in [5.41, 5.74) is 2.15. The van der Waals surface area contributed by atoms with Gasteiger partial charge < -0.3 is 10.1 Å². The van der Waals surface area contributed by atoms with Gasteiger partial charge >= 0.3 is 0 Å². The van der Waals surface area contributed by atoms with Crippen LogP contribution in [-0.2, 0) is 11.2 Å². The molecule has 1 aliphatic rings. The molecule has 2 unspecified atom stereocenters. The predicted octanol–water partition coefficient (Wildman–Crippen LogP) is 2.51. The number of carbonyl (C=O) groups excluding carboxylic acids is 1. The lowest BCUT2D eigenvalue weighted by atomic mass is 9.95. The number of para-hydroxylation sites is 1. The van der Waals surface area contributed by atoms with E-state index in [-0.39, 0.29) is 17.9 Å². The average molecular weight is 282 g/mol. The number of nitrogens with one attached hydrogen (secondary N) is 1. The molecule has 2 atom stereocenters. The maximum absolute atomic E-state index is 12.4. The summed E-state index contributed by atoms with van der Waals surface area (Å²) >= 11 is 0. The summed E-state index contributed by atoms with van der Waals surface area (Å²) < 4.78 is 5.67. The summed E-state index contributed by atoms with van der Waals surface area (Å²) in [5, 5.41) is 3.05. The smallest absolute Gasteiger partial charge is 0.227 e. The molecular formula is C17H18N2O2. The molecule has 1 aromatic carbocycles. The molecule has 0 spiro atoms. The Morgan fingerprint density at radius 2 is 2.05 bits per heavy atom. The highest BCUT2D eigenvalue weighted by molar-refractivity contribution is 5.80. The summed E-state index contributed by atoms with van der Waals surface area (Å²) in [4.78, 5) is 16.4. The van der Waals surface area contributed by atoms with Crippen molar-refractivity contribution < 1.29 is 9.53 Å². The van der Waals surface area contributed by atoms with Crippen molar-refractivity contribution in [3.05, 3.63) is 59.9 Å². The van der Waals surface area contributed by atoms with Gasteiger partial charge in [0.1, 0.15) is 12.4 Å². The molecule has 3 rings (SSSR count). The van der Waals surface area contributed by atoms with Gasteiger partial charge in [-0.2, -0.15) is 0 Å². The Morgan fingerprint density at radius 1 is 1.29 bits per heavy atom. The number of benzene rings is 1. The van der Waals surface area contributed by atoms with Crippen LogP contribution in [-0.4, -0.2) is 17.5 Å². The van der Waals surface area contributed by atoms with E-state index < -0.39 is 0 Å². The second-order valence-corrected chi connectivity index (χ2v) is 5.33. The van der Waals surface area contributed by atoms with E-state index >= 15 is 0 Å². The molecule has 0 fully saturated rings. The zero-order valence-electron chi connectivity index (χ0n) is 12.0. The van der Waals surface area contributed by atoms with Crippen LogP contribution in [0.1, 0.15) is 24.1 Å². The Bertz CT molecular complexity index is 628. The molecule has 108 valence electrons. The minimum absolute atomic E-state index is 0.0299. The number of nitrogens with zero attached hydrogens (tertiary/aromatic N) is 1. The number of ether oxygens (including phenoxy) is 1. The standard InChI is InChI=1S/C17H18N2O2/c1-12(13-6-8-18-9-7-13)19-17(20)15-10-14-4-2-3-5-16(14)21-11-15/h2-9,12,15H,10-11H2,1H3,(H,19,20). The molecule has 1 amide bonds. The van der Waals surface area contributed by atoms with E-state index in [1.165, 1.54) is 0 Å². The lowest BCUT2D eigenvalue weighted by molar-refractivity contribution is -0.126. The van der Waals surface area contributed by atoms with E-state index in [1.54, 1.807) is 12.4 Å². The van der Waals surface area contributed by atoms with Gasteiger partial charge in [0.15, 0.2) is 0 Å². The van der Waals surface area contributed by atoms with Crippen LogP contribution in [0.4, 0.5) is 0 Å². The van der Waals surface area contributed by atoms with Crippen molar-refractivity contribution in [3.63, 3.8) is 0 Å². The molecule has 2 heterocycles. The van der Waals surface area contributed by atoms with Gasteiger partial charge in [-0.25, -0.2) is 0 Å². The van der Waals surface area contributed by atoms with Crippen LogP contribution in [0.2, 0.25) is 0 Å². The molecule has 0 radical (unpaired) electrons. The van der Waals surface area contributed by atoms with Gasteiger partial charge in [-0.3, -0.25) is 9.78 Å². The normalized spacial score (nSPS) is 18.2. The van der Waals surface area contributed by atoms with Crippen molar-refractivity contribution in [2.24, 2.45) is 5.92 Å². The highest BCUT2D eigenvalue weighted by Crippen LogP contribution is 2.27. The maximum atomic E-state index is 12.4. The van der Waals surface area contributed by atoms with Crippen molar-refractivity contribution in [2.75, 3.05) is 6.61 Å². The predicted molar refractivity (Wildman–Crippen MR) is 79.9 cm³/mol. The Balaban J connectivity index is 1.65. The monoisotopic (exact) mass is 282 g/mol. The zero-order valence-corrected chi connectivity index (χ0v) is 12.0. The maximum Gasteiger partial charge on any atom is 0.227 e. The second kappa shape index (κ2) is 5.95. The molecule has 1 N–H and O–H groups in total. The molecule has 0 saturated heterocycles. The van der Waals surface area contributed by atoms with Gasteiger partial charge in [0.2, 0.25) is 5.91 Å². The highest BCUT2D eigenvalue weighted by atomic mass is 16.5. The summed E-state index contributed by atoms with van der Waals surface area (Å²) in [6.07, 6.45) is 4.20. The third kappa shape index (κ3) is 3.05. The number of hydrogen-bond acceptors (Lipinski definition) is 3. The molecule has 0 aliphatic carbocycles. The lowest BCUT2D eigenvalue weighted by Crippen LogP contribution is -2.38. The van der Waals surface area contributed by atoms with Gasteiger partial charge in [-0.1, -0.05) is 18.2 Å². The van der Waals surface area contributed by atoms with Gasteiger partial charge in [0.25, 0.3) is 0 Å². The molecule has 4 heteroatoms. The fourth-order valence-corrected chi connectivity index (χ4v) is 2.56. The zero-order chi connectivity index (χ0) is 14.7. The third-order valence-corrected chi connectivity index (χ3v) is 3.81. The van der Waals surface area contributed by atoms with Crippen LogP contribution < -0.4 is 10.1 Å². The van der Waals surface area contributed by atoms with Crippen molar-refractivity contribution >= 4 is 5.91 Å². The number of rotatable bonds is 3. The van der Waals surface area contributed by atoms with Gasteiger partial charge in [0.05, 0.1) is 12.0 Å². The van der Waals surface area contributed by atoms with E-state index in [0.717, 1.165) is 23.3 Å². The summed E-state index contributed by atoms with van der Waals surface area (Å²) in [5.74, 6) is 0.793. The minimum Gasteiger partial charge on any atom is -0.492 e. The van der Waals surface area contributed by atoms with Gasteiger partial charge in [-0.05, 0) is 42.7 Å². The van der Waals surface area contributed by atoms with Crippen LogP contribution in [0, 0.1) is 5.92 Å². The minimum atomic E-state index is -0.135. The Kier molecular flexibility index (Phi) is 3.86.